The Hall–Kier alpha value is -1.67. The molecule has 6 nitrogen and oxygen atoms in total. The van der Waals surface area contributed by atoms with Crippen LogP contribution in [0.2, 0.25) is 5.15 Å². The van der Waals surface area contributed by atoms with Crippen molar-refractivity contribution in [2.24, 2.45) is 4.99 Å². The number of hydrogen-bond donors (Lipinski definition) is 0. The maximum absolute atomic E-state index is 6.36. The highest BCUT2D eigenvalue weighted by Crippen LogP contribution is 2.37. The molecule has 1 aromatic carbocycles. The fourth-order valence-corrected chi connectivity index (χ4v) is 4.48. The van der Waals surface area contributed by atoms with Crippen LogP contribution in [0.25, 0.3) is 0 Å². The molecule has 28 heavy (non-hydrogen) atoms. The zero-order chi connectivity index (χ0) is 19.2. The molecule has 0 saturated carbocycles. The Balaban J connectivity index is 1.29. The first-order valence-corrected chi connectivity index (χ1v) is 10.7. The van der Waals surface area contributed by atoms with Gasteiger partial charge in [-0.25, -0.2) is 15.0 Å². The summed E-state index contributed by atoms with van der Waals surface area (Å²) in [7, 11) is 0. The highest BCUT2D eigenvalue weighted by Gasteiger charge is 2.25. The Labute approximate surface area is 174 Å². The Morgan fingerprint density at radius 1 is 1.14 bits per heavy atom. The van der Waals surface area contributed by atoms with Gasteiger partial charge in [-0.1, -0.05) is 54.8 Å². The number of rotatable bonds is 6. The second-order valence-electron chi connectivity index (χ2n) is 6.92. The van der Waals surface area contributed by atoms with Crippen molar-refractivity contribution >= 4 is 35.6 Å². The molecule has 3 heterocycles. The van der Waals surface area contributed by atoms with E-state index in [-0.39, 0.29) is 12.2 Å². The van der Waals surface area contributed by atoms with Crippen LogP contribution in [0.5, 0.6) is 0 Å². The number of halogens is 1. The van der Waals surface area contributed by atoms with Gasteiger partial charge in [0.2, 0.25) is 0 Å². The van der Waals surface area contributed by atoms with Crippen LogP contribution in [0.15, 0.2) is 46.7 Å². The van der Waals surface area contributed by atoms with Crippen LogP contribution >= 0.6 is 23.5 Å². The third kappa shape index (κ3) is 5.23. The number of fused-ring (bicyclic) bond motifs is 1. The lowest BCUT2D eigenvalue weighted by Gasteiger charge is -2.28. The molecule has 0 radical (unpaired) electrons. The van der Waals surface area contributed by atoms with Crippen molar-refractivity contribution in [3.63, 3.8) is 0 Å². The van der Waals surface area contributed by atoms with Crippen LogP contribution in [0, 0.1) is 0 Å². The van der Waals surface area contributed by atoms with Crippen LogP contribution in [-0.4, -0.2) is 46.0 Å². The van der Waals surface area contributed by atoms with E-state index < -0.39 is 0 Å². The van der Waals surface area contributed by atoms with Gasteiger partial charge in [-0.15, -0.1) is 0 Å². The van der Waals surface area contributed by atoms with Crippen molar-refractivity contribution in [1.29, 1.82) is 0 Å². The van der Waals surface area contributed by atoms with Gasteiger partial charge in [-0.2, -0.15) is 0 Å². The average molecular weight is 419 g/mol. The summed E-state index contributed by atoms with van der Waals surface area (Å²) in [5.41, 5.74) is 1.83. The van der Waals surface area contributed by atoms with Crippen LogP contribution in [0.1, 0.15) is 31.2 Å². The predicted octanol–water partition coefficient (Wildman–Crippen LogP) is 4.66. The Kier molecular flexibility index (Phi) is 6.80. The molecule has 0 N–H and O–H groups in total. The standard InChI is InChI=1S/C20H23ClN4O2S/c21-19-18-20(23-13-22-19)28-25(14-24-18)10-16-8-4-5-9-17(27-16)12-26-11-15-6-2-1-3-7-15/h1-3,6-7,13-14,16-17H,4-5,8-12H2. The molecule has 1 aromatic heterocycles. The fraction of sp³-hybridized carbons (Fsp3) is 0.450. The van der Waals surface area contributed by atoms with Crippen molar-refractivity contribution in [2.75, 3.05) is 13.2 Å². The van der Waals surface area contributed by atoms with Crippen LogP contribution in [-0.2, 0) is 16.1 Å². The zero-order valence-corrected chi connectivity index (χ0v) is 17.1. The second kappa shape index (κ2) is 9.69. The Bertz CT molecular complexity index is 808. The first kappa shape index (κ1) is 19.6. The lowest BCUT2D eigenvalue weighted by Crippen LogP contribution is -2.33. The topological polar surface area (TPSA) is 59.8 Å². The monoisotopic (exact) mass is 418 g/mol. The van der Waals surface area contributed by atoms with Crippen molar-refractivity contribution in [3.8, 4) is 0 Å². The van der Waals surface area contributed by atoms with Gasteiger partial charge < -0.3 is 9.47 Å². The largest absolute Gasteiger partial charge is 0.374 e. The van der Waals surface area contributed by atoms with Gasteiger partial charge in [0.15, 0.2) is 5.15 Å². The number of hydrogen-bond acceptors (Lipinski definition) is 7. The second-order valence-corrected chi connectivity index (χ2v) is 8.32. The average Bonchev–Trinajstić information content (AvgIpc) is 2.94. The Morgan fingerprint density at radius 3 is 2.82 bits per heavy atom. The summed E-state index contributed by atoms with van der Waals surface area (Å²) in [4.78, 5) is 12.7. The molecule has 2 aromatic rings. The van der Waals surface area contributed by atoms with Gasteiger partial charge in [-0.3, -0.25) is 4.31 Å². The lowest BCUT2D eigenvalue weighted by atomic mass is 10.1. The molecule has 0 bridgehead atoms. The minimum atomic E-state index is 0.131. The number of ether oxygens (including phenoxy) is 2. The van der Waals surface area contributed by atoms with E-state index in [1.165, 1.54) is 36.7 Å². The number of aliphatic imine (C=N–C) groups is 1. The molecule has 1 fully saturated rings. The van der Waals surface area contributed by atoms with Gasteiger partial charge in [0.25, 0.3) is 0 Å². The van der Waals surface area contributed by atoms with Gasteiger partial charge in [0.05, 0.1) is 32.0 Å². The van der Waals surface area contributed by atoms with E-state index in [9.17, 15) is 0 Å². The molecule has 2 unspecified atom stereocenters. The van der Waals surface area contributed by atoms with Crippen molar-refractivity contribution in [2.45, 2.75) is 49.5 Å². The van der Waals surface area contributed by atoms with E-state index >= 15 is 0 Å². The summed E-state index contributed by atoms with van der Waals surface area (Å²) in [6, 6.07) is 10.2. The first-order valence-electron chi connectivity index (χ1n) is 9.54. The summed E-state index contributed by atoms with van der Waals surface area (Å²) >= 11 is 7.61. The summed E-state index contributed by atoms with van der Waals surface area (Å²) in [6.07, 6.45) is 7.95. The number of nitrogens with zero attached hydrogens (tertiary/aromatic N) is 4. The molecule has 0 aliphatic carbocycles. The molecule has 2 atom stereocenters. The van der Waals surface area contributed by atoms with Gasteiger partial charge >= 0.3 is 0 Å². The molecule has 0 amide bonds. The summed E-state index contributed by atoms with van der Waals surface area (Å²) in [5.74, 6) is 0. The van der Waals surface area contributed by atoms with Crippen LogP contribution in [0.3, 0.4) is 0 Å². The van der Waals surface area contributed by atoms with Crippen LogP contribution < -0.4 is 0 Å². The summed E-state index contributed by atoms with van der Waals surface area (Å²) in [6.45, 7) is 2.00. The molecule has 2 aliphatic rings. The predicted molar refractivity (Wildman–Crippen MR) is 111 cm³/mol. The minimum Gasteiger partial charge on any atom is -0.374 e. The maximum atomic E-state index is 6.36. The smallest absolute Gasteiger partial charge is 0.159 e. The molecular weight excluding hydrogens is 396 g/mol. The highest BCUT2D eigenvalue weighted by atomic mass is 35.5. The molecule has 2 aliphatic heterocycles. The third-order valence-corrected chi connectivity index (χ3v) is 5.98. The zero-order valence-electron chi connectivity index (χ0n) is 15.5. The first-order chi connectivity index (χ1) is 13.8. The molecule has 148 valence electrons. The highest BCUT2D eigenvalue weighted by molar-refractivity contribution is 7.97. The van der Waals surface area contributed by atoms with Crippen molar-refractivity contribution < 1.29 is 9.47 Å². The van der Waals surface area contributed by atoms with E-state index in [0.717, 1.165) is 24.4 Å². The molecule has 8 heteroatoms. The van der Waals surface area contributed by atoms with E-state index in [1.807, 2.05) is 18.2 Å². The number of benzene rings is 1. The fourth-order valence-electron chi connectivity index (χ4n) is 3.35. The summed E-state index contributed by atoms with van der Waals surface area (Å²) in [5, 5.41) is 1.16. The van der Waals surface area contributed by atoms with E-state index in [1.54, 1.807) is 6.34 Å². The molecule has 1 saturated heterocycles. The molecule has 4 rings (SSSR count). The minimum absolute atomic E-state index is 0.131. The van der Waals surface area contributed by atoms with E-state index in [4.69, 9.17) is 21.1 Å². The van der Waals surface area contributed by atoms with Crippen molar-refractivity contribution in [1.82, 2.24) is 14.3 Å². The quantitative estimate of drug-likeness (QED) is 0.502. The lowest BCUT2D eigenvalue weighted by molar-refractivity contribution is -0.0585. The van der Waals surface area contributed by atoms with Gasteiger partial charge in [-0.05, 0) is 18.4 Å². The maximum Gasteiger partial charge on any atom is 0.159 e. The SMILES string of the molecule is Clc1ncnc2c1N=CN(CC1CCCCC(COCc3ccccc3)O1)S2. The van der Waals surface area contributed by atoms with E-state index in [0.29, 0.717) is 24.1 Å². The Morgan fingerprint density at radius 2 is 1.96 bits per heavy atom. The summed E-state index contributed by atoms with van der Waals surface area (Å²) < 4.78 is 14.3. The van der Waals surface area contributed by atoms with Crippen LogP contribution in [0.4, 0.5) is 5.69 Å². The normalized spacial score (nSPS) is 22.0. The molecular formula is C20H23ClN4O2S. The van der Waals surface area contributed by atoms with E-state index in [2.05, 4.69) is 31.4 Å². The van der Waals surface area contributed by atoms with Gasteiger partial charge in [0.1, 0.15) is 23.4 Å². The van der Waals surface area contributed by atoms with Crippen molar-refractivity contribution in [3.05, 3.63) is 47.4 Å². The van der Waals surface area contributed by atoms with Gasteiger partial charge in [0, 0.05) is 11.9 Å². The third-order valence-electron chi connectivity index (χ3n) is 4.75. The molecule has 0 spiro atoms. The number of aromatic nitrogens is 2.